The minimum absolute atomic E-state index is 0.500. The molecule has 1 aliphatic rings. The molecule has 0 N–H and O–H groups in total. The Bertz CT molecular complexity index is 213. The molecule has 0 spiro atoms. The largest absolute Gasteiger partial charge is 0.353 e. The van der Waals surface area contributed by atoms with E-state index in [4.69, 9.17) is 9.47 Å². The second-order valence-corrected chi connectivity index (χ2v) is 3.02. The Kier molecular flexibility index (Phi) is 4.50. The third-order valence-electron chi connectivity index (χ3n) is 1.96. The van der Waals surface area contributed by atoms with E-state index in [2.05, 4.69) is 38.1 Å². The molecule has 1 heterocycles. The van der Waals surface area contributed by atoms with E-state index in [0.717, 1.165) is 13.2 Å². The number of hydrogen-bond acceptors (Lipinski definition) is 2. The molecule has 2 nitrogen and oxygen atoms in total. The molecule has 1 aromatic rings. The van der Waals surface area contributed by atoms with Crippen LogP contribution in [0, 0.1) is 13.8 Å². The molecule has 0 aromatic heterocycles. The molecule has 2 rings (SSSR count). The summed E-state index contributed by atoms with van der Waals surface area (Å²) < 4.78 is 9.44. The third kappa shape index (κ3) is 4.06. The topological polar surface area (TPSA) is 18.5 Å². The van der Waals surface area contributed by atoms with Gasteiger partial charge in [-0.3, -0.25) is 0 Å². The van der Waals surface area contributed by atoms with E-state index in [1.807, 2.05) is 0 Å². The Hall–Kier alpha value is -0.860. The highest BCUT2D eigenvalue weighted by Crippen LogP contribution is 2.02. The summed E-state index contributed by atoms with van der Waals surface area (Å²) in [5.41, 5.74) is 2.74. The number of rotatable bonds is 0. The molecule has 1 aliphatic heterocycles. The van der Waals surface area contributed by atoms with Crippen LogP contribution in [-0.2, 0) is 9.47 Å². The van der Waals surface area contributed by atoms with Crippen LogP contribution in [0.15, 0.2) is 24.3 Å². The van der Waals surface area contributed by atoms with Crippen molar-refractivity contribution < 1.29 is 9.47 Å². The summed E-state index contributed by atoms with van der Waals surface area (Å²) in [5.74, 6) is 0. The fraction of sp³-hybridized carbons (Fsp3) is 0.455. The van der Waals surface area contributed by atoms with Gasteiger partial charge in [0.2, 0.25) is 0 Å². The average molecular weight is 180 g/mol. The van der Waals surface area contributed by atoms with Gasteiger partial charge in [0.1, 0.15) is 6.79 Å². The second-order valence-electron chi connectivity index (χ2n) is 3.02. The molecule has 0 radical (unpaired) electrons. The van der Waals surface area contributed by atoms with Crippen molar-refractivity contribution in [1.82, 2.24) is 0 Å². The van der Waals surface area contributed by atoms with Crippen LogP contribution in [0.25, 0.3) is 0 Å². The molecule has 1 aromatic carbocycles. The van der Waals surface area contributed by atoms with Crippen LogP contribution in [-0.4, -0.2) is 20.0 Å². The summed E-state index contributed by atoms with van der Waals surface area (Å²) in [5, 5.41) is 0. The highest BCUT2D eigenvalue weighted by atomic mass is 16.7. The number of aryl methyl sites for hydroxylation is 2. The fourth-order valence-corrected chi connectivity index (χ4v) is 0.957. The van der Waals surface area contributed by atoms with Crippen molar-refractivity contribution in [3.63, 3.8) is 0 Å². The van der Waals surface area contributed by atoms with Crippen molar-refractivity contribution in [1.29, 1.82) is 0 Å². The van der Waals surface area contributed by atoms with E-state index in [0.29, 0.717) is 6.79 Å². The van der Waals surface area contributed by atoms with E-state index in [1.54, 1.807) is 0 Å². The first kappa shape index (κ1) is 10.2. The first-order valence-corrected chi connectivity index (χ1v) is 4.48. The van der Waals surface area contributed by atoms with E-state index in [1.165, 1.54) is 11.1 Å². The third-order valence-corrected chi connectivity index (χ3v) is 1.96. The van der Waals surface area contributed by atoms with Gasteiger partial charge in [0, 0.05) is 0 Å². The normalized spacial score (nSPS) is 14.9. The van der Waals surface area contributed by atoms with Gasteiger partial charge >= 0.3 is 0 Å². The maximum atomic E-state index is 4.72. The van der Waals surface area contributed by atoms with Gasteiger partial charge in [-0.25, -0.2) is 0 Å². The molecule has 1 saturated heterocycles. The van der Waals surface area contributed by atoms with Gasteiger partial charge in [0.25, 0.3) is 0 Å². The van der Waals surface area contributed by atoms with Crippen LogP contribution in [0.3, 0.4) is 0 Å². The van der Waals surface area contributed by atoms with Crippen LogP contribution in [0.2, 0.25) is 0 Å². The molecule has 72 valence electrons. The van der Waals surface area contributed by atoms with Gasteiger partial charge in [-0.1, -0.05) is 24.3 Å². The predicted octanol–water partition coefficient (Wildman–Crippen LogP) is 2.29. The lowest BCUT2D eigenvalue weighted by atomic mass is 10.1. The Morgan fingerprint density at radius 3 is 1.62 bits per heavy atom. The Morgan fingerprint density at radius 2 is 1.38 bits per heavy atom. The summed E-state index contributed by atoms with van der Waals surface area (Å²) in [6.45, 7) is 6.30. The highest BCUT2D eigenvalue weighted by Gasteiger charge is 1.93. The smallest absolute Gasteiger partial charge is 0.146 e. The summed E-state index contributed by atoms with van der Waals surface area (Å²) in [7, 11) is 0. The molecule has 0 saturated carbocycles. The summed E-state index contributed by atoms with van der Waals surface area (Å²) in [4.78, 5) is 0. The minimum atomic E-state index is 0.500. The van der Waals surface area contributed by atoms with Gasteiger partial charge in [-0.2, -0.15) is 0 Å². The number of benzene rings is 1. The number of hydrogen-bond donors (Lipinski definition) is 0. The molecule has 0 bridgehead atoms. The fourth-order valence-electron chi connectivity index (χ4n) is 0.957. The standard InChI is InChI=1S/C8H10.C3H6O2/c1-7-5-3-4-6-8(7)2;1-2-5-3-4-1/h3-6H,1-2H3;1-3H2. The second kappa shape index (κ2) is 5.73. The minimum Gasteiger partial charge on any atom is -0.353 e. The van der Waals surface area contributed by atoms with Crippen LogP contribution >= 0.6 is 0 Å². The molecule has 13 heavy (non-hydrogen) atoms. The number of ether oxygens (including phenoxy) is 2. The first-order valence-electron chi connectivity index (χ1n) is 4.48. The van der Waals surface area contributed by atoms with Crippen molar-refractivity contribution in [3.8, 4) is 0 Å². The molecule has 0 atom stereocenters. The van der Waals surface area contributed by atoms with Crippen LogP contribution < -0.4 is 0 Å². The van der Waals surface area contributed by atoms with Crippen molar-refractivity contribution in [3.05, 3.63) is 35.4 Å². The summed E-state index contributed by atoms with van der Waals surface area (Å²) >= 11 is 0. The zero-order valence-electron chi connectivity index (χ0n) is 8.25. The van der Waals surface area contributed by atoms with E-state index < -0.39 is 0 Å². The SMILES string of the molecule is C1COCO1.Cc1ccccc1C. The van der Waals surface area contributed by atoms with Crippen molar-refractivity contribution in [2.24, 2.45) is 0 Å². The van der Waals surface area contributed by atoms with Crippen LogP contribution in [0.4, 0.5) is 0 Å². The zero-order valence-corrected chi connectivity index (χ0v) is 8.25. The molecular weight excluding hydrogens is 164 g/mol. The monoisotopic (exact) mass is 180 g/mol. The van der Waals surface area contributed by atoms with Gasteiger partial charge in [-0.05, 0) is 25.0 Å². The molecule has 1 fully saturated rings. The van der Waals surface area contributed by atoms with E-state index >= 15 is 0 Å². The molecular formula is C11H16O2. The quantitative estimate of drug-likeness (QED) is 0.610. The molecule has 0 unspecified atom stereocenters. The highest BCUT2D eigenvalue weighted by molar-refractivity contribution is 5.23. The first-order chi connectivity index (χ1) is 6.30. The molecule has 0 amide bonds. The van der Waals surface area contributed by atoms with Crippen LogP contribution in [0.5, 0.6) is 0 Å². The van der Waals surface area contributed by atoms with E-state index in [-0.39, 0.29) is 0 Å². The van der Waals surface area contributed by atoms with Crippen LogP contribution in [0.1, 0.15) is 11.1 Å². The Balaban J connectivity index is 0.000000145. The lowest BCUT2D eigenvalue weighted by Crippen LogP contribution is -1.79. The lowest BCUT2D eigenvalue weighted by molar-refractivity contribution is 0.0692. The van der Waals surface area contributed by atoms with E-state index in [9.17, 15) is 0 Å². The maximum Gasteiger partial charge on any atom is 0.146 e. The van der Waals surface area contributed by atoms with Crippen molar-refractivity contribution >= 4 is 0 Å². The Labute approximate surface area is 79.5 Å². The van der Waals surface area contributed by atoms with Gasteiger partial charge in [0.15, 0.2) is 0 Å². The van der Waals surface area contributed by atoms with Gasteiger partial charge < -0.3 is 9.47 Å². The lowest BCUT2D eigenvalue weighted by Gasteiger charge is -1.93. The Morgan fingerprint density at radius 1 is 0.923 bits per heavy atom. The van der Waals surface area contributed by atoms with Crippen molar-refractivity contribution in [2.45, 2.75) is 13.8 Å². The van der Waals surface area contributed by atoms with Crippen molar-refractivity contribution in [2.75, 3.05) is 20.0 Å². The predicted molar refractivity (Wildman–Crippen MR) is 52.7 cm³/mol. The average Bonchev–Trinajstić information content (AvgIpc) is 2.68. The van der Waals surface area contributed by atoms with Gasteiger partial charge in [-0.15, -0.1) is 0 Å². The molecule has 2 heteroatoms. The van der Waals surface area contributed by atoms with Gasteiger partial charge in [0.05, 0.1) is 13.2 Å². The molecule has 0 aliphatic carbocycles. The maximum absolute atomic E-state index is 4.72. The zero-order chi connectivity index (χ0) is 9.52. The summed E-state index contributed by atoms with van der Waals surface area (Å²) in [6, 6.07) is 8.36. The summed E-state index contributed by atoms with van der Waals surface area (Å²) in [6.07, 6.45) is 0.